The number of alkyl halides is 3. The third-order valence-electron chi connectivity index (χ3n) is 3.61. The molecule has 1 heterocycles. The highest BCUT2D eigenvalue weighted by Gasteiger charge is 2.38. The molecule has 11 heteroatoms. The van der Waals surface area contributed by atoms with E-state index in [1.807, 2.05) is 0 Å². The van der Waals surface area contributed by atoms with E-state index in [1.54, 1.807) is 19.2 Å². The second kappa shape index (κ2) is 8.06. The standard InChI is InChI=1S/C16H18F3N5O3/c1-20-12(25)9-24(3)15(26)23(2)8-10-4-6-11(7-5-10)13-21-14(27-22-13)16(17,18)19/h4-7H,8-9H2,1-3H3,(H,20,25). The summed E-state index contributed by atoms with van der Waals surface area (Å²) in [7, 11) is 4.56. The Kier molecular flexibility index (Phi) is 6.03. The van der Waals surface area contributed by atoms with E-state index in [0.29, 0.717) is 5.56 Å². The van der Waals surface area contributed by atoms with Gasteiger partial charge in [0.25, 0.3) is 0 Å². The van der Waals surface area contributed by atoms with E-state index in [2.05, 4.69) is 20.0 Å². The van der Waals surface area contributed by atoms with Crippen LogP contribution in [0.25, 0.3) is 11.4 Å². The van der Waals surface area contributed by atoms with Gasteiger partial charge >= 0.3 is 18.1 Å². The molecule has 1 aromatic heterocycles. The lowest BCUT2D eigenvalue weighted by Crippen LogP contribution is -2.43. The maximum atomic E-state index is 12.5. The summed E-state index contributed by atoms with van der Waals surface area (Å²) in [6, 6.07) is 6.00. The molecule has 146 valence electrons. The van der Waals surface area contributed by atoms with Crippen LogP contribution in [0.15, 0.2) is 28.8 Å². The van der Waals surface area contributed by atoms with Crippen molar-refractivity contribution in [1.82, 2.24) is 25.3 Å². The molecular weight excluding hydrogens is 367 g/mol. The minimum Gasteiger partial charge on any atom is -0.358 e. The SMILES string of the molecule is CNC(=O)CN(C)C(=O)N(C)Cc1ccc(-c2noc(C(F)(F)F)n2)cc1. The molecule has 1 aromatic carbocycles. The zero-order valence-electron chi connectivity index (χ0n) is 14.9. The van der Waals surface area contributed by atoms with Crippen molar-refractivity contribution in [1.29, 1.82) is 0 Å². The number of hydrogen-bond donors (Lipinski definition) is 1. The Hall–Kier alpha value is -3.11. The highest BCUT2D eigenvalue weighted by molar-refractivity contribution is 5.83. The number of urea groups is 1. The number of rotatable bonds is 5. The van der Waals surface area contributed by atoms with Crippen LogP contribution >= 0.6 is 0 Å². The van der Waals surface area contributed by atoms with Gasteiger partial charge in [0.15, 0.2) is 0 Å². The summed E-state index contributed by atoms with van der Waals surface area (Å²) < 4.78 is 41.7. The van der Waals surface area contributed by atoms with Crippen LogP contribution in [-0.2, 0) is 17.5 Å². The van der Waals surface area contributed by atoms with E-state index < -0.39 is 12.1 Å². The van der Waals surface area contributed by atoms with Gasteiger partial charge in [0.05, 0.1) is 0 Å². The average molecular weight is 385 g/mol. The summed E-state index contributed by atoms with van der Waals surface area (Å²) in [4.78, 5) is 29.5. The van der Waals surface area contributed by atoms with Gasteiger partial charge in [-0.05, 0) is 5.56 Å². The Morgan fingerprint density at radius 2 is 1.78 bits per heavy atom. The molecule has 0 spiro atoms. The molecule has 8 nitrogen and oxygen atoms in total. The number of nitrogens with one attached hydrogen (secondary N) is 1. The van der Waals surface area contributed by atoms with Gasteiger partial charge in [-0.2, -0.15) is 18.2 Å². The molecule has 0 aliphatic rings. The molecule has 0 radical (unpaired) electrons. The molecule has 3 amide bonds. The average Bonchev–Trinajstić information content (AvgIpc) is 3.12. The van der Waals surface area contributed by atoms with Gasteiger partial charge in [-0.1, -0.05) is 29.4 Å². The number of likely N-dealkylation sites (N-methyl/N-ethyl adjacent to an activating group) is 2. The van der Waals surface area contributed by atoms with Gasteiger partial charge in [0, 0.05) is 33.3 Å². The summed E-state index contributed by atoms with van der Waals surface area (Å²) in [6.07, 6.45) is -4.70. The van der Waals surface area contributed by atoms with Crippen molar-refractivity contribution in [3.8, 4) is 11.4 Å². The number of benzene rings is 1. The van der Waals surface area contributed by atoms with Gasteiger partial charge in [-0.3, -0.25) is 4.79 Å². The minimum atomic E-state index is -4.70. The summed E-state index contributed by atoms with van der Waals surface area (Å²) in [5.41, 5.74) is 1.09. The normalized spacial score (nSPS) is 11.2. The van der Waals surface area contributed by atoms with Crippen LogP contribution in [-0.4, -0.2) is 59.6 Å². The van der Waals surface area contributed by atoms with E-state index in [1.165, 1.54) is 36.0 Å². The van der Waals surface area contributed by atoms with E-state index >= 15 is 0 Å². The molecule has 0 saturated heterocycles. The molecular formula is C16H18F3N5O3. The quantitative estimate of drug-likeness (QED) is 0.850. The third-order valence-corrected chi connectivity index (χ3v) is 3.61. The first kappa shape index (κ1) is 20.2. The van der Waals surface area contributed by atoms with Gasteiger partial charge in [0.2, 0.25) is 11.7 Å². The second-order valence-electron chi connectivity index (χ2n) is 5.79. The molecule has 0 atom stereocenters. The molecule has 0 unspecified atom stereocenters. The fraction of sp³-hybridized carbons (Fsp3) is 0.375. The van der Waals surface area contributed by atoms with Crippen molar-refractivity contribution in [2.45, 2.75) is 12.7 Å². The number of nitrogens with zero attached hydrogens (tertiary/aromatic N) is 4. The van der Waals surface area contributed by atoms with Gasteiger partial charge < -0.3 is 19.6 Å². The molecule has 0 aliphatic carbocycles. The zero-order valence-corrected chi connectivity index (χ0v) is 14.9. The minimum absolute atomic E-state index is 0.0715. The van der Waals surface area contributed by atoms with Crippen LogP contribution in [0.1, 0.15) is 11.5 Å². The topological polar surface area (TPSA) is 91.6 Å². The lowest BCUT2D eigenvalue weighted by Gasteiger charge is -2.24. The number of amides is 3. The molecule has 0 fully saturated rings. The predicted octanol–water partition coefficient (Wildman–Crippen LogP) is 1.99. The van der Waals surface area contributed by atoms with E-state index in [9.17, 15) is 22.8 Å². The Balaban J connectivity index is 2.02. The summed E-state index contributed by atoms with van der Waals surface area (Å²) in [5.74, 6) is -1.88. The Labute approximate surface area is 152 Å². The number of halogens is 3. The van der Waals surface area contributed by atoms with Crippen molar-refractivity contribution in [3.05, 3.63) is 35.7 Å². The van der Waals surface area contributed by atoms with Gasteiger partial charge in [-0.25, -0.2) is 4.79 Å². The van der Waals surface area contributed by atoms with Gasteiger partial charge in [0.1, 0.15) is 6.54 Å². The van der Waals surface area contributed by atoms with E-state index in [-0.39, 0.29) is 30.9 Å². The van der Waals surface area contributed by atoms with Crippen molar-refractivity contribution >= 4 is 11.9 Å². The van der Waals surface area contributed by atoms with Crippen LogP contribution in [0.3, 0.4) is 0 Å². The van der Waals surface area contributed by atoms with Crippen LogP contribution in [0.2, 0.25) is 0 Å². The lowest BCUT2D eigenvalue weighted by molar-refractivity contribution is -0.159. The number of hydrogen-bond acceptors (Lipinski definition) is 5. The fourth-order valence-electron chi connectivity index (χ4n) is 2.21. The maximum absolute atomic E-state index is 12.5. The first-order valence-electron chi connectivity index (χ1n) is 7.79. The molecule has 0 saturated carbocycles. The molecule has 0 bridgehead atoms. The molecule has 2 aromatic rings. The lowest BCUT2D eigenvalue weighted by atomic mass is 10.1. The van der Waals surface area contributed by atoms with E-state index in [4.69, 9.17) is 0 Å². The maximum Gasteiger partial charge on any atom is 0.471 e. The van der Waals surface area contributed by atoms with Crippen LogP contribution < -0.4 is 5.32 Å². The third kappa shape index (κ3) is 5.19. The largest absolute Gasteiger partial charge is 0.471 e. The predicted molar refractivity (Wildman–Crippen MR) is 88.3 cm³/mol. The highest BCUT2D eigenvalue weighted by Crippen LogP contribution is 2.29. The molecule has 0 aliphatic heterocycles. The van der Waals surface area contributed by atoms with Crippen LogP contribution in [0, 0.1) is 0 Å². The summed E-state index contributed by atoms with van der Waals surface area (Å²) >= 11 is 0. The first-order chi connectivity index (χ1) is 12.6. The second-order valence-corrected chi connectivity index (χ2v) is 5.79. The van der Waals surface area contributed by atoms with Crippen molar-refractivity contribution in [2.24, 2.45) is 0 Å². The Morgan fingerprint density at radius 3 is 2.30 bits per heavy atom. The monoisotopic (exact) mass is 385 g/mol. The van der Waals surface area contributed by atoms with Crippen molar-refractivity contribution in [3.63, 3.8) is 0 Å². The Bertz CT molecular complexity index is 804. The zero-order chi connectivity index (χ0) is 20.2. The highest BCUT2D eigenvalue weighted by atomic mass is 19.4. The summed E-state index contributed by atoms with van der Waals surface area (Å²) in [5, 5.41) is 5.75. The van der Waals surface area contributed by atoms with E-state index in [0.717, 1.165) is 5.56 Å². The smallest absolute Gasteiger partial charge is 0.358 e. The fourth-order valence-corrected chi connectivity index (χ4v) is 2.21. The van der Waals surface area contributed by atoms with Crippen LogP contribution in [0.5, 0.6) is 0 Å². The number of carbonyl (C=O) groups excluding carboxylic acids is 2. The molecule has 27 heavy (non-hydrogen) atoms. The van der Waals surface area contributed by atoms with Crippen molar-refractivity contribution < 1.29 is 27.3 Å². The molecule has 2 rings (SSSR count). The molecule has 1 N–H and O–H groups in total. The Morgan fingerprint density at radius 1 is 1.15 bits per heavy atom. The number of carbonyl (C=O) groups is 2. The van der Waals surface area contributed by atoms with Crippen LogP contribution in [0.4, 0.5) is 18.0 Å². The number of aromatic nitrogens is 2. The van der Waals surface area contributed by atoms with Gasteiger partial charge in [-0.15, -0.1) is 0 Å². The first-order valence-corrected chi connectivity index (χ1v) is 7.79. The van der Waals surface area contributed by atoms with Crippen molar-refractivity contribution in [2.75, 3.05) is 27.7 Å². The summed E-state index contributed by atoms with van der Waals surface area (Å²) in [6.45, 7) is 0.176.